The fourth-order valence-corrected chi connectivity index (χ4v) is 2.94. The molecule has 1 nitrogen and oxygen atoms in total. The summed E-state index contributed by atoms with van der Waals surface area (Å²) in [6.07, 6.45) is 6.94. The predicted molar refractivity (Wildman–Crippen MR) is 74.6 cm³/mol. The van der Waals surface area contributed by atoms with Gasteiger partial charge in [0, 0.05) is 5.54 Å². The summed E-state index contributed by atoms with van der Waals surface area (Å²) in [6, 6.07) is 5.17. The molecule has 1 unspecified atom stereocenters. The summed E-state index contributed by atoms with van der Waals surface area (Å²) >= 11 is 5.73. The third-order valence-corrected chi connectivity index (χ3v) is 4.34. The Morgan fingerprint density at radius 2 is 2.17 bits per heavy atom. The molecule has 1 fully saturated rings. The molecular formula is C15H21ClFN. The molecule has 0 spiro atoms. The molecule has 1 aliphatic rings. The summed E-state index contributed by atoms with van der Waals surface area (Å²) < 4.78 is 13.5. The molecule has 0 amide bonds. The first-order chi connectivity index (χ1) is 8.65. The summed E-state index contributed by atoms with van der Waals surface area (Å²) in [5.74, 6) is -0.311. The Labute approximate surface area is 114 Å². The van der Waals surface area contributed by atoms with Crippen molar-refractivity contribution < 1.29 is 4.39 Å². The first kappa shape index (κ1) is 13.8. The van der Waals surface area contributed by atoms with Gasteiger partial charge in [-0.15, -0.1) is 0 Å². The minimum absolute atomic E-state index is 0.136. The van der Waals surface area contributed by atoms with Gasteiger partial charge in [-0.2, -0.15) is 0 Å². The molecule has 1 aliphatic heterocycles. The van der Waals surface area contributed by atoms with Crippen LogP contribution in [-0.2, 0) is 6.42 Å². The number of hydrogen-bond acceptors (Lipinski definition) is 1. The van der Waals surface area contributed by atoms with Gasteiger partial charge >= 0.3 is 0 Å². The zero-order valence-corrected chi connectivity index (χ0v) is 11.7. The van der Waals surface area contributed by atoms with Gasteiger partial charge in [0.15, 0.2) is 0 Å². The molecule has 0 aliphatic carbocycles. The average Bonchev–Trinajstić information content (AvgIpc) is 2.60. The monoisotopic (exact) mass is 269 g/mol. The Morgan fingerprint density at radius 1 is 1.33 bits per heavy atom. The highest BCUT2D eigenvalue weighted by atomic mass is 35.5. The highest BCUT2D eigenvalue weighted by Crippen LogP contribution is 2.27. The lowest BCUT2D eigenvalue weighted by atomic mass is 9.84. The van der Waals surface area contributed by atoms with Crippen LogP contribution >= 0.6 is 11.6 Å². The lowest BCUT2D eigenvalue weighted by Gasteiger charge is -2.33. The van der Waals surface area contributed by atoms with E-state index in [9.17, 15) is 4.39 Å². The lowest BCUT2D eigenvalue weighted by molar-refractivity contribution is 0.302. The van der Waals surface area contributed by atoms with E-state index < -0.39 is 0 Å². The Bertz CT molecular complexity index is 397. The number of hydrogen-bond donors (Lipinski definition) is 1. The van der Waals surface area contributed by atoms with E-state index in [0.29, 0.717) is 0 Å². The van der Waals surface area contributed by atoms with E-state index in [4.69, 9.17) is 11.6 Å². The molecule has 1 atom stereocenters. The summed E-state index contributed by atoms with van der Waals surface area (Å²) in [4.78, 5) is 0. The van der Waals surface area contributed by atoms with Crippen molar-refractivity contribution in [2.45, 2.75) is 51.0 Å². The molecule has 1 aromatic rings. The third kappa shape index (κ3) is 3.24. The van der Waals surface area contributed by atoms with Crippen molar-refractivity contribution in [1.29, 1.82) is 0 Å². The first-order valence-electron chi connectivity index (χ1n) is 6.84. The van der Waals surface area contributed by atoms with Gasteiger partial charge in [0.1, 0.15) is 5.82 Å². The smallest absolute Gasteiger partial charge is 0.142 e. The summed E-state index contributed by atoms with van der Waals surface area (Å²) in [5.41, 5.74) is 1.17. The zero-order valence-electron chi connectivity index (χ0n) is 10.9. The van der Waals surface area contributed by atoms with E-state index in [1.54, 1.807) is 12.1 Å². The highest BCUT2D eigenvalue weighted by Gasteiger charge is 2.28. The number of halogens is 2. The van der Waals surface area contributed by atoms with Crippen LogP contribution in [0.15, 0.2) is 18.2 Å². The first-order valence-corrected chi connectivity index (χ1v) is 7.22. The Balaban J connectivity index is 2.15. The largest absolute Gasteiger partial charge is 0.311 e. The molecule has 100 valence electrons. The second-order valence-electron chi connectivity index (χ2n) is 5.30. The van der Waals surface area contributed by atoms with Crippen LogP contribution < -0.4 is 5.32 Å². The molecular weight excluding hydrogens is 249 g/mol. The Morgan fingerprint density at radius 3 is 2.89 bits per heavy atom. The zero-order chi connectivity index (χ0) is 13.0. The van der Waals surface area contributed by atoms with Crippen LogP contribution in [0.3, 0.4) is 0 Å². The van der Waals surface area contributed by atoms with Crippen LogP contribution in [-0.4, -0.2) is 12.1 Å². The SMILES string of the molecule is CCC1(Cc2ccc(Cl)c(F)c2)CCCCCN1. The lowest BCUT2D eigenvalue weighted by Crippen LogP contribution is -2.46. The van der Waals surface area contributed by atoms with E-state index in [2.05, 4.69) is 12.2 Å². The van der Waals surface area contributed by atoms with Gasteiger partial charge in [0.05, 0.1) is 5.02 Å². The molecule has 0 radical (unpaired) electrons. The minimum Gasteiger partial charge on any atom is -0.311 e. The average molecular weight is 270 g/mol. The minimum atomic E-state index is -0.311. The molecule has 18 heavy (non-hydrogen) atoms. The molecule has 1 saturated heterocycles. The van der Waals surface area contributed by atoms with E-state index in [1.165, 1.54) is 25.7 Å². The summed E-state index contributed by atoms with van der Waals surface area (Å²) in [6.45, 7) is 3.29. The van der Waals surface area contributed by atoms with Crippen molar-refractivity contribution in [2.75, 3.05) is 6.54 Å². The van der Waals surface area contributed by atoms with Crippen molar-refractivity contribution in [3.8, 4) is 0 Å². The van der Waals surface area contributed by atoms with E-state index in [0.717, 1.165) is 24.9 Å². The number of benzene rings is 1. The number of rotatable bonds is 3. The van der Waals surface area contributed by atoms with Crippen LogP contribution in [0.1, 0.15) is 44.6 Å². The summed E-state index contributed by atoms with van der Waals surface area (Å²) in [5, 5.41) is 3.88. The van der Waals surface area contributed by atoms with Crippen molar-refractivity contribution in [3.63, 3.8) is 0 Å². The maximum absolute atomic E-state index is 13.5. The molecule has 1 aromatic carbocycles. The van der Waals surface area contributed by atoms with Crippen LogP contribution in [0.2, 0.25) is 5.02 Å². The van der Waals surface area contributed by atoms with Crippen LogP contribution in [0, 0.1) is 5.82 Å². The highest BCUT2D eigenvalue weighted by molar-refractivity contribution is 6.30. The normalized spacial score (nSPS) is 24.8. The van der Waals surface area contributed by atoms with Gasteiger partial charge in [-0.05, 0) is 49.9 Å². The quantitative estimate of drug-likeness (QED) is 0.861. The van der Waals surface area contributed by atoms with Crippen molar-refractivity contribution in [2.24, 2.45) is 0 Å². The molecule has 1 N–H and O–H groups in total. The predicted octanol–water partition coefficient (Wildman–Crippen LogP) is 4.33. The fourth-order valence-electron chi connectivity index (χ4n) is 2.83. The van der Waals surface area contributed by atoms with E-state index in [1.807, 2.05) is 6.07 Å². The van der Waals surface area contributed by atoms with Gasteiger partial charge in [-0.25, -0.2) is 4.39 Å². The third-order valence-electron chi connectivity index (χ3n) is 4.04. The standard InChI is InChI=1S/C15H21ClFN/c1-2-15(8-4-3-5-9-18-15)11-12-6-7-13(16)14(17)10-12/h6-7,10,18H,2-5,8-9,11H2,1H3. The van der Waals surface area contributed by atoms with Gasteiger partial charge in [0.2, 0.25) is 0 Å². The van der Waals surface area contributed by atoms with Gasteiger partial charge in [-0.3, -0.25) is 0 Å². The molecule has 3 heteroatoms. The maximum atomic E-state index is 13.5. The summed E-state index contributed by atoms with van der Waals surface area (Å²) in [7, 11) is 0. The second-order valence-corrected chi connectivity index (χ2v) is 5.70. The van der Waals surface area contributed by atoms with Crippen LogP contribution in [0.5, 0.6) is 0 Å². The van der Waals surface area contributed by atoms with Crippen LogP contribution in [0.25, 0.3) is 0 Å². The van der Waals surface area contributed by atoms with Gasteiger partial charge < -0.3 is 5.32 Å². The molecule has 2 rings (SSSR count). The topological polar surface area (TPSA) is 12.0 Å². The molecule has 0 saturated carbocycles. The van der Waals surface area contributed by atoms with Crippen molar-refractivity contribution in [1.82, 2.24) is 5.32 Å². The van der Waals surface area contributed by atoms with Crippen molar-refractivity contribution >= 4 is 11.6 Å². The molecule has 0 bridgehead atoms. The maximum Gasteiger partial charge on any atom is 0.142 e. The Hall–Kier alpha value is -0.600. The van der Waals surface area contributed by atoms with Gasteiger partial charge in [-0.1, -0.05) is 37.4 Å². The molecule has 1 heterocycles. The second kappa shape index (κ2) is 6.03. The number of nitrogens with one attached hydrogen (secondary N) is 1. The van der Waals surface area contributed by atoms with Crippen LogP contribution in [0.4, 0.5) is 4.39 Å². The fraction of sp³-hybridized carbons (Fsp3) is 0.600. The van der Waals surface area contributed by atoms with Gasteiger partial charge in [0.25, 0.3) is 0 Å². The van der Waals surface area contributed by atoms with E-state index in [-0.39, 0.29) is 16.4 Å². The molecule has 0 aromatic heterocycles. The Kier molecular flexibility index (Phi) is 4.63. The van der Waals surface area contributed by atoms with Crippen molar-refractivity contribution in [3.05, 3.63) is 34.6 Å². The van der Waals surface area contributed by atoms with E-state index >= 15 is 0 Å².